The van der Waals surface area contributed by atoms with Gasteiger partial charge in [-0.2, -0.15) is 0 Å². The molecule has 5 nitrogen and oxygen atoms in total. The summed E-state index contributed by atoms with van der Waals surface area (Å²) < 4.78 is 5.64. The van der Waals surface area contributed by atoms with E-state index in [0.717, 1.165) is 23.1 Å². The van der Waals surface area contributed by atoms with Crippen LogP contribution in [0.5, 0.6) is 0 Å². The average molecular weight is 339 g/mol. The van der Waals surface area contributed by atoms with E-state index < -0.39 is 23.5 Å². The number of nitrogens with one attached hydrogen (secondary N) is 1. The summed E-state index contributed by atoms with van der Waals surface area (Å²) in [5.41, 5.74) is 1.30. The molecule has 5 heteroatoms. The number of amides is 1. The van der Waals surface area contributed by atoms with Crippen LogP contribution in [-0.4, -0.2) is 29.1 Å². The molecular formula is C20H21NO4. The maximum atomic E-state index is 12.8. The summed E-state index contributed by atoms with van der Waals surface area (Å²) in [6.45, 7) is 1.96. The second-order valence-electron chi connectivity index (χ2n) is 6.49. The lowest BCUT2D eigenvalue weighted by Gasteiger charge is -2.31. The van der Waals surface area contributed by atoms with Crippen LogP contribution in [0.3, 0.4) is 0 Å². The first-order valence-electron chi connectivity index (χ1n) is 8.28. The summed E-state index contributed by atoms with van der Waals surface area (Å²) in [6, 6.07) is 16.9. The smallest absolute Gasteiger partial charge is 0.329 e. The maximum absolute atomic E-state index is 12.8. The molecule has 2 unspecified atom stereocenters. The quantitative estimate of drug-likeness (QED) is 0.878. The van der Waals surface area contributed by atoms with Crippen molar-refractivity contribution in [1.29, 1.82) is 0 Å². The molecule has 0 aromatic heterocycles. The molecule has 1 amide bonds. The Kier molecular flexibility index (Phi) is 4.86. The van der Waals surface area contributed by atoms with E-state index in [9.17, 15) is 14.7 Å². The van der Waals surface area contributed by atoms with Crippen molar-refractivity contribution in [1.82, 2.24) is 5.32 Å². The molecule has 1 aliphatic rings. The van der Waals surface area contributed by atoms with Crippen molar-refractivity contribution in [2.24, 2.45) is 0 Å². The summed E-state index contributed by atoms with van der Waals surface area (Å²) in [7, 11) is 0. The lowest BCUT2D eigenvalue weighted by atomic mass is 9.91. The number of rotatable bonds is 5. The van der Waals surface area contributed by atoms with Crippen LogP contribution in [0.15, 0.2) is 54.6 Å². The topological polar surface area (TPSA) is 75.6 Å². The Balaban J connectivity index is 1.81. The fourth-order valence-corrected chi connectivity index (χ4v) is 3.13. The zero-order valence-electron chi connectivity index (χ0n) is 14.1. The SMILES string of the molecule is CC(Cc1ccccc1)(NC(=O)C1OCCc2ccccc21)C(=O)O. The van der Waals surface area contributed by atoms with Crippen molar-refractivity contribution < 1.29 is 19.4 Å². The van der Waals surface area contributed by atoms with E-state index in [1.807, 2.05) is 54.6 Å². The van der Waals surface area contributed by atoms with Crippen LogP contribution in [0.25, 0.3) is 0 Å². The van der Waals surface area contributed by atoms with Gasteiger partial charge in [0.25, 0.3) is 5.91 Å². The molecule has 0 bridgehead atoms. The molecule has 2 N–H and O–H groups in total. The normalized spacial score (nSPS) is 18.7. The first-order chi connectivity index (χ1) is 12.0. The number of ether oxygens (including phenoxy) is 1. The maximum Gasteiger partial charge on any atom is 0.329 e. The van der Waals surface area contributed by atoms with Gasteiger partial charge in [0, 0.05) is 6.42 Å². The standard InChI is InChI=1S/C20H21NO4/c1-20(19(23)24,13-14-7-3-2-4-8-14)21-18(22)17-16-10-6-5-9-15(16)11-12-25-17/h2-10,17H,11-13H2,1H3,(H,21,22)(H,23,24). The van der Waals surface area contributed by atoms with Crippen LogP contribution < -0.4 is 5.32 Å². The van der Waals surface area contributed by atoms with Crippen LogP contribution in [-0.2, 0) is 27.2 Å². The number of carboxylic acids is 1. The number of hydrogen-bond acceptors (Lipinski definition) is 3. The van der Waals surface area contributed by atoms with E-state index in [1.165, 1.54) is 6.92 Å². The molecule has 1 heterocycles. The van der Waals surface area contributed by atoms with Gasteiger partial charge in [0.2, 0.25) is 0 Å². The minimum Gasteiger partial charge on any atom is -0.480 e. The van der Waals surface area contributed by atoms with Gasteiger partial charge in [0.15, 0.2) is 6.10 Å². The first kappa shape index (κ1) is 17.2. The van der Waals surface area contributed by atoms with Crippen molar-refractivity contribution >= 4 is 11.9 Å². The van der Waals surface area contributed by atoms with E-state index in [1.54, 1.807) is 0 Å². The van der Waals surface area contributed by atoms with Crippen molar-refractivity contribution in [3.8, 4) is 0 Å². The summed E-state index contributed by atoms with van der Waals surface area (Å²) in [6.07, 6.45) is 0.170. The van der Waals surface area contributed by atoms with E-state index in [0.29, 0.717) is 6.61 Å². The fourth-order valence-electron chi connectivity index (χ4n) is 3.13. The van der Waals surface area contributed by atoms with Gasteiger partial charge >= 0.3 is 5.97 Å². The number of carbonyl (C=O) groups is 2. The van der Waals surface area contributed by atoms with E-state index >= 15 is 0 Å². The second kappa shape index (κ2) is 7.07. The zero-order chi connectivity index (χ0) is 17.9. The van der Waals surface area contributed by atoms with Crippen LogP contribution in [0.4, 0.5) is 0 Å². The molecule has 0 saturated heterocycles. The molecule has 0 radical (unpaired) electrons. The Morgan fingerprint density at radius 2 is 1.84 bits per heavy atom. The summed E-state index contributed by atoms with van der Waals surface area (Å²) in [5.74, 6) is -1.50. The highest BCUT2D eigenvalue weighted by molar-refractivity contribution is 5.90. The molecule has 2 atom stereocenters. The predicted octanol–water partition coefficient (Wildman–Crippen LogP) is 2.50. The van der Waals surface area contributed by atoms with Gasteiger partial charge in [0.05, 0.1) is 6.61 Å². The van der Waals surface area contributed by atoms with Gasteiger partial charge in [0.1, 0.15) is 5.54 Å². The monoisotopic (exact) mass is 339 g/mol. The van der Waals surface area contributed by atoms with Crippen molar-refractivity contribution in [2.45, 2.75) is 31.4 Å². The first-order valence-corrected chi connectivity index (χ1v) is 8.28. The highest BCUT2D eigenvalue weighted by atomic mass is 16.5. The van der Waals surface area contributed by atoms with Crippen molar-refractivity contribution in [3.05, 3.63) is 71.3 Å². The number of benzene rings is 2. The Morgan fingerprint density at radius 3 is 2.56 bits per heavy atom. The number of fused-ring (bicyclic) bond motifs is 1. The van der Waals surface area contributed by atoms with E-state index in [4.69, 9.17) is 4.74 Å². The van der Waals surface area contributed by atoms with Crippen LogP contribution >= 0.6 is 0 Å². The number of carbonyl (C=O) groups excluding carboxylic acids is 1. The largest absolute Gasteiger partial charge is 0.480 e. The second-order valence-corrected chi connectivity index (χ2v) is 6.49. The molecule has 0 aliphatic carbocycles. The minimum atomic E-state index is -1.41. The third kappa shape index (κ3) is 3.72. The van der Waals surface area contributed by atoms with Gasteiger partial charge < -0.3 is 15.2 Å². The third-order valence-electron chi connectivity index (χ3n) is 4.50. The Morgan fingerprint density at radius 1 is 1.16 bits per heavy atom. The van der Waals surface area contributed by atoms with E-state index in [2.05, 4.69) is 5.32 Å². The molecule has 0 fully saturated rings. The molecule has 0 saturated carbocycles. The lowest BCUT2D eigenvalue weighted by Crippen LogP contribution is -2.55. The van der Waals surface area contributed by atoms with Crippen molar-refractivity contribution in [2.75, 3.05) is 6.61 Å². The highest BCUT2D eigenvalue weighted by Crippen LogP contribution is 2.28. The molecule has 2 aromatic rings. The Labute approximate surface area is 146 Å². The molecular weight excluding hydrogens is 318 g/mol. The molecule has 2 aromatic carbocycles. The molecule has 3 rings (SSSR count). The Bertz CT molecular complexity index is 774. The van der Waals surface area contributed by atoms with Crippen LogP contribution in [0.1, 0.15) is 29.7 Å². The Hall–Kier alpha value is -2.66. The fraction of sp³-hybridized carbons (Fsp3) is 0.300. The molecule has 1 aliphatic heterocycles. The van der Waals surface area contributed by atoms with Gasteiger partial charge in [-0.15, -0.1) is 0 Å². The average Bonchev–Trinajstić information content (AvgIpc) is 2.61. The third-order valence-corrected chi connectivity index (χ3v) is 4.50. The van der Waals surface area contributed by atoms with Gasteiger partial charge in [-0.3, -0.25) is 4.79 Å². The minimum absolute atomic E-state index is 0.198. The molecule has 130 valence electrons. The van der Waals surface area contributed by atoms with Crippen LogP contribution in [0, 0.1) is 0 Å². The number of aliphatic carboxylic acids is 1. The van der Waals surface area contributed by atoms with Gasteiger partial charge in [-0.05, 0) is 30.0 Å². The summed E-state index contributed by atoms with van der Waals surface area (Å²) in [5, 5.41) is 12.4. The van der Waals surface area contributed by atoms with Crippen LogP contribution in [0.2, 0.25) is 0 Å². The molecule has 25 heavy (non-hydrogen) atoms. The van der Waals surface area contributed by atoms with Crippen molar-refractivity contribution in [3.63, 3.8) is 0 Å². The van der Waals surface area contributed by atoms with Gasteiger partial charge in [-0.1, -0.05) is 54.6 Å². The zero-order valence-corrected chi connectivity index (χ0v) is 14.1. The highest BCUT2D eigenvalue weighted by Gasteiger charge is 2.38. The van der Waals surface area contributed by atoms with Gasteiger partial charge in [-0.25, -0.2) is 4.79 Å². The molecule has 0 spiro atoms. The predicted molar refractivity (Wildman–Crippen MR) is 93.2 cm³/mol. The lowest BCUT2D eigenvalue weighted by molar-refractivity contribution is -0.149. The summed E-state index contributed by atoms with van der Waals surface area (Å²) >= 11 is 0. The summed E-state index contributed by atoms with van der Waals surface area (Å²) in [4.78, 5) is 24.6. The van der Waals surface area contributed by atoms with E-state index in [-0.39, 0.29) is 6.42 Å². The number of hydrogen-bond donors (Lipinski definition) is 2. The number of carboxylic acid groups (broad SMARTS) is 1.